The summed E-state index contributed by atoms with van der Waals surface area (Å²) in [5.74, 6) is -0.979. The molecule has 9 nitrogen and oxygen atoms in total. The highest BCUT2D eigenvalue weighted by Gasteiger charge is 2.33. The molecule has 1 fully saturated rings. The number of imide groups is 1. The summed E-state index contributed by atoms with van der Waals surface area (Å²) in [4.78, 5) is 51.3. The highest BCUT2D eigenvalue weighted by Crippen LogP contribution is 2.13. The van der Waals surface area contributed by atoms with Crippen LogP contribution >= 0.6 is 0 Å². The van der Waals surface area contributed by atoms with Gasteiger partial charge in [-0.3, -0.25) is 14.4 Å². The number of nitrogens with zero attached hydrogens (tertiary/aromatic N) is 1. The second kappa shape index (κ2) is 10.3. The van der Waals surface area contributed by atoms with Gasteiger partial charge in [0.1, 0.15) is 13.2 Å². The van der Waals surface area contributed by atoms with Crippen LogP contribution in [0.2, 0.25) is 0 Å². The van der Waals surface area contributed by atoms with E-state index < -0.39 is 30.1 Å². The van der Waals surface area contributed by atoms with Gasteiger partial charge in [0.05, 0.1) is 6.04 Å². The number of amides is 3. The standard InChI is InChI=1S/C19H24N2O7/c1-13(2)10-15(20-18(24)26-11-14-6-4-3-5-7-14)12-27-19(25)28-21-16(22)8-9-17(21)23/h3-7,13,15H,8-12H2,1-2H3,(H,20,24). The Labute approximate surface area is 162 Å². The number of carbonyl (C=O) groups is 4. The summed E-state index contributed by atoms with van der Waals surface area (Å²) in [6.07, 6.45) is -1.31. The van der Waals surface area contributed by atoms with Gasteiger partial charge in [0, 0.05) is 12.8 Å². The minimum absolute atomic E-state index is 0.00308. The second-order valence-electron chi connectivity index (χ2n) is 6.77. The molecular weight excluding hydrogens is 368 g/mol. The normalized spacial score (nSPS) is 14.8. The van der Waals surface area contributed by atoms with E-state index in [0.717, 1.165) is 5.56 Å². The smallest absolute Gasteiger partial charge is 0.445 e. The van der Waals surface area contributed by atoms with E-state index in [4.69, 9.17) is 9.47 Å². The average Bonchev–Trinajstić information content (AvgIpc) is 2.97. The molecule has 1 aliphatic rings. The van der Waals surface area contributed by atoms with E-state index >= 15 is 0 Å². The molecule has 0 saturated carbocycles. The number of hydroxylamine groups is 2. The maximum atomic E-state index is 12.0. The van der Waals surface area contributed by atoms with Crippen LogP contribution in [0.3, 0.4) is 0 Å². The molecule has 0 aromatic heterocycles. The minimum atomic E-state index is -1.18. The lowest BCUT2D eigenvalue weighted by Crippen LogP contribution is -2.41. The topological polar surface area (TPSA) is 111 Å². The summed E-state index contributed by atoms with van der Waals surface area (Å²) in [7, 11) is 0. The van der Waals surface area contributed by atoms with Gasteiger partial charge in [-0.2, -0.15) is 0 Å². The van der Waals surface area contributed by atoms with Crippen LogP contribution in [0.4, 0.5) is 9.59 Å². The van der Waals surface area contributed by atoms with Crippen LogP contribution in [0.1, 0.15) is 38.7 Å². The van der Waals surface area contributed by atoms with E-state index in [0.29, 0.717) is 11.5 Å². The lowest BCUT2D eigenvalue weighted by Gasteiger charge is -2.20. The summed E-state index contributed by atoms with van der Waals surface area (Å²) in [6, 6.07) is 8.70. The molecule has 152 valence electrons. The zero-order valence-corrected chi connectivity index (χ0v) is 15.9. The molecule has 2 rings (SSSR count). The predicted molar refractivity (Wildman–Crippen MR) is 96.5 cm³/mol. The third-order valence-corrected chi connectivity index (χ3v) is 3.86. The van der Waals surface area contributed by atoms with Crippen LogP contribution < -0.4 is 5.32 Å². The molecule has 1 unspecified atom stereocenters. The van der Waals surface area contributed by atoms with Gasteiger partial charge in [-0.25, -0.2) is 9.59 Å². The third kappa shape index (κ3) is 6.90. The summed E-state index contributed by atoms with van der Waals surface area (Å²) >= 11 is 0. The van der Waals surface area contributed by atoms with E-state index in [1.807, 2.05) is 44.2 Å². The van der Waals surface area contributed by atoms with Crippen molar-refractivity contribution in [2.24, 2.45) is 5.92 Å². The lowest BCUT2D eigenvalue weighted by atomic mass is 10.0. The molecule has 1 atom stereocenters. The van der Waals surface area contributed by atoms with Crippen LogP contribution in [0.25, 0.3) is 0 Å². The molecule has 1 aliphatic heterocycles. The Morgan fingerprint density at radius 3 is 2.32 bits per heavy atom. The Morgan fingerprint density at radius 1 is 1.07 bits per heavy atom. The molecule has 0 spiro atoms. The Bertz CT molecular complexity index is 689. The van der Waals surface area contributed by atoms with E-state index in [1.54, 1.807) is 0 Å². The zero-order valence-electron chi connectivity index (χ0n) is 15.9. The molecule has 0 radical (unpaired) electrons. The molecule has 1 N–H and O–H groups in total. The van der Waals surface area contributed by atoms with Gasteiger partial charge in [0.15, 0.2) is 0 Å². The number of hydrogen-bond acceptors (Lipinski definition) is 7. The largest absolute Gasteiger partial charge is 0.534 e. The Morgan fingerprint density at radius 2 is 1.71 bits per heavy atom. The number of nitrogens with one attached hydrogen (secondary N) is 1. The third-order valence-electron chi connectivity index (χ3n) is 3.86. The molecule has 0 aliphatic carbocycles. The van der Waals surface area contributed by atoms with Gasteiger partial charge in [0.2, 0.25) is 0 Å². The predicted octanol–water partition coefficient (Wildman–Crippen LogP) is 2.54. The number of ether oxygens (including phenoxy) is 2. The SMILES string of the molecule is CC(C)CC(COC(=O)ON1C(=O)CCC1=O)NC(=O)OCc1ccccc1. The van der Waals surface area contributed by atoms with Crippen LogP contribution in [0, 0.1) is 5.92 Å². The number of rotatable bonds is 8. The minimum Gasteiger partial charge on any atom is -0.445 e. The van der Waals surface area contributed by atoms with Gasteiger partial charge >= 0.3 is 12.2 Å². The Kier molecular flexibility index (Phi) is 7.79. The molecule has 1 heterocycles. The molecule has 1 aromatic carbocycles. The monoisotopic (exact) mass is 392 g/mol. The van der Waals surface area contributed by atoms with Gasteiger partial charge < -0.3 is 14.8 Å². The van der Waals surface area contributed by atoms with E-state index in [-0.39, 0.29) is 32.0 Å². The van der Waals surface area contributed by atoms with Crippen molar-refractivity contribution in [1.29, 1.82) is 0 Å². The lowest BCUT2D eigenvalue weighted by molar-refractivity contribution is -0.177. The van der Waals surface area contributed by atoms with Crippen molar-refractivity contribution in [1.82, 2.24) is 10.4 Å². The first kappa shape index (κ1) is 21.2. The molecule has 1 aromatic rings. The summed E-state index contributed by atoms with van der Waals surface area (Å²) in [5, 5.41) is 3.05. The van der Waals surface area contributed by atoms with Gasteiger partial charge in [0.25, 0.3) is 11.8 Å². The van der Waals surface area contributed by atoms with Crippen LogP contribution in [0.15, 0.2) is 30.3 Å². The van der Waals surface area contributed by atoms with Crippen molar-refractivity contribution in [3.05, 3.63) is 35.9 Å². The first-order chi connectivity index (χ1) is 13.3. The Balaban J connectivity index is 1.79. The number of hydrogen-bond donors (Lipinski definition) is 1. The van der Waals surface area contributed by atoms with Crippen molar-refractivity contribution in [2.75, 3.05) is 6.61 Å². The van der Waals surface area contributed by atoms with Crippen LogP contribution in [0.5, 0.6) is 0 Å². The van der Waals surface area contributed by atoms with Crippen molar-refractivity contribution in [3.63, 3.8) is 0 Å². The van der Waals surface area contributed by atoms with Gasteiger partial charge in [-0.1, -0.05) is 49.2 Å². The van der Waals surface area contributed by atoms with E-state index in [1.165, 1.54) is 0 Å². The first-order valence-corrected chi connectivity index (χ1v) is 9.03. The van der Waals surface area contributed by atoms with Crippen LogP contribution in [-0.4, -0.2) is 41.8 Å². The average molecular weight is 392 g/mol. The fraction of sp³-hybridized carbons (Fsp3) is 0.474. The molecule has 1 saturated heterocycles. The van der Waals surface area contributed by atoms with E-state index in [2.05, 4.69) is 10.2 Å². The zero-order chi connectivity index (χ0) is 20.5. The highest BCUT2D eigenvalue weighted by atomic mass is 16.8. The van der Waals surface area contributed by atoms with Crippen molar-refractivity contribution in [2.45, 2.75) is 45.8 Å². The molecule has 28 heavy (non-hydrogen) atoms. The van der Waals surface area contributed by atoms with Gasteiger partial charge in [-0.05, 0) is 17.9 Å². The van der Waals surface area contributed by atoms with Crippen molar-refractivity contribution in [3.8, 4) is 0 Å². The molecular formula is C19H24N2O7. The van der Waals surface area contributed by atoms with E-state index in [9.17, 15) is 19.2 Å². The first-order valence-electron chi connectivity index (χ1n) is 9.03. The quantitative estimate of drug-likeness (QED) is 0.534. The fourth-order valence-corrected chi connectivity index (χ4v) is 2.60. The van der Waals surface area contributed by atoms with Gasteiger partial charge in [-0.15, -0.1) is 0 Å². The summed E-state index contributed by atoms with van der Waals surface area (Å²) in [6.45, 7) is 3.82. The number of alkyl carbamates (subject to hydrolysis) is 1. The van der Waals surface area contributed by atoms with Crippen molar-refractivity contribution < 1.29 is 33.5 Å². The van der Waals surface area contributed by atoms with Crippen molar-refractivity contribution >= 4 is 24.1 Å². The second-order valence-corrected chi connectivity index (χ2v) is 6.77. The number of carbonyl (C=O) groups excluding carboxylic acids is 4. The summed E-state index contributed by atoms with van der Waals surface area (Å²) in [5.41, 5.74) is 0.845. The highest BCUT2D eigenvalue weighted by molar-refractivity contribution is 6.01. The number of benzene rings is 1. The molecule has 0 bridgehead atoms. The molecule has 3 amide bonds. The fourth-order valence-electron chi connectivity index (χ4n) is 2.60. The Hall–Kier alpha value is -3.10. The van der Waals surface area contributed by atoms with Crippen LogP contribution in [-0.2, 0) is 30.5 Å². The molecule has 9 heteroatoms. The maximum Gasteiger partial charge on any atom is 0.534 e. The maximum absolute atomic E-state index is 12.0. The summed E-state index contributed by atoms with van der Waals surface area (Å²) < 4.78 is 10.1.